The van der Waals surface area contributed by atoms with Crippen molar-refractivity contribution in [3.8, 4) is 5.75 Å². The molecule has 0 aliphatic heterocycles. The van der Waals surface area contributed by atoms with Crippen molar-refractivity contribution in [3.05, 3.63) is 58.9 Å². The summed E-state index contributed by atoms with van der Waals surface area (Å²) < 4.78 is 19.4. The van der Waals surface area contributed by atoms with E-state index in [-0.39, 0.29) is 11.9 Å². The van der Waals surface area contributed by atoms with Crippen LogP contribution in [0.2, 0.25) is 5.02 Å². The standard InChI is InChI=1S/C16H17ClFNO/c1-11(2)20-16-6-4-3-5-15(16)19-10-12-9-13(17)7-8-14(12)18/h3-9,11,19H,10H2,1-2H3. The summed E-state index contributed by atoms with van der Waals surface area (Å²) in [5.74, 6) is 0.481. The van der Waals surface area contributed by atoms with Gasteiger partial charge in [-0.3, -0.25) is 0 Å². The summed E-state index contributed by atoms with van der Waals surface area (Å²) in [7, 11) is 0. The van der Waals surface area contributed by atoms with Crippen LogP contribution >= 0.6 is 11.6 Å². The van der Waals surface area contributed by atoms with E-state index < -0.39 is 0 Å². The van der Waals surface area contributed by atoms with Gasteiger partial charge in [-0.2, -0.15) is 0 Å². The fraction of sp³-hybridized carbons (Fsp3) is 0.250. The molecule has 0 bridgehead atoms. The van der Waals surface area contributed by atoms with E-state index in [9.17, 15) is 4.39 Å². The Morgan fingerprint density at radius 3 is 2.70 bits per heavy atom. The zero-order chi connectivity index (χ0) is 14.5. The minimum Gasteiger partial charge on any atom is -0.489 e. The zero-order valence-corrected chi connectivity index (χ0v) is 12.2. The molecule has 1 N–H and O–H groups in total. The van der Waals surface area contributed by atoms with Crippen molar-refractivity contribution in [1.29, 1.82) is 0 Å². The number of para-hydroxylation sites is 2. The van der Waals surface area contributed by atoms with Crippen LogP contribution in [0.25, 0.3) is 0 Å². The fourth-order valence-electron chi connectivity index (χ4n) is 1.84. The highest BCUT2D eigenvalue weighted by Gasteiger charge is 2.07. The molecule has 0 spiro atoms. The third-order valence-corrected chi connectivity index (χ3v) is 2.96. The smallest absolute Gasteiger partial charge is 0.142 e. The van der Waals surface area contributed by atoms with Crippen molar-refractivity contribution in [1.82, 2.24) is 0 Å². The van der Waals surface area contributed by atoms with Gasteiger partial charge in [-0.1, -0.05) is 23.7 Å². The Morgan fingerprint density at radius 1 is 1.20 bits per heavy atom. The summed E-state index contributed by atoms with van der Waals surface area (Å²) >= 11 is 5.88. The highest BCUT2D eigenvalue weighted by atomic mass is 35.5. The maximum absolute atomic E-state index is 13.7. The van der Waals surface area contributed by atoms with Gasteiger partial charge in [0.25, 0.3) is 0 Å². The Hall–Kier alpha value is -1.74. The molecule has 0 aliphatic rings. The van der Waals surface area contributed by atoms with Gasteiger partial charge in [0.2, 0.25) is 0 Å². The molecule has 2 aromatic carbocycles. The second-order valence-corrected chi connectivity index (χ2v) is 5.19. The predicted octanol–water partition coefficient (Wildman–Crippen LogP) is 4.88. The van der Waals surface area contributed by atoms with E-state index in [4.69, 9.17) is 16.3 Å². The number of hydrogen-bond donors (Lipinski definition) is 1. The number of nitrogens with one attached hydrogen (secondary N) is 1. The van der Waals surface area contributed by atoms with Gasteiger partial charge in [-0.15, -0.1) is 0 Å². The Labute approximate surface area is 123 Å². The summed E-state index contributed by atoms with van der Waals surface area (Å²) in [6, 6.07) is 12.1. The van der Waals surface area contributed by atoms with Crippen LogP contribution in [0.1, 0.15) is 19.4 Å². The van der Waals surface area contributed by atoms with Crippen molar-refractivity contribution in [2.45, 2.75) is 26.5 Å². The Balaban J connectivity index is 2.12. The topological polar surface area (TPSA) is 21.3 Å². The molecule has 0 fully saturated rings. The SMILES string of the molecule is CC(C)Oc1ccccc1NCc1cc(Cl)ccc1F. The molecule has 0 radical (unpaired) electrons. The zero-order valence-electron chi connectivity index (χ0n) is 11.5. The first-order valence-electron chi connectivity index (χ1n) is 6.49. The van der Waals surface area contributed by atoms with Gasteiger partial charge in [-0.25, -0.2) is 4.39 Å². The van der Waals surface area contributed by atoms with E-state index >= 15 is 0 Å². The monoisotopic (exact) mass is 293 g/mol. The molecule has 0 amide bonds. The number of halogens is 2. The van der Waals surface area contributed by atoms with E-state index in [1.807, 2.05) is 38.1 Å². The van der Waals surface area contributed by atoms with E-state index in [1.54, 1.807) is 6.07 Å². The Morgan fingerprint density at radius 2 is 1.95 bits per heavy atom. The highest BCUT2D eigenvalue weighted by Crippen LogP contribution is 2.26. The molecule has 20 heavy (non-hydrogen) atoms. The van der Waals surface area contributed by atoms with Crippen LogP contribution in [0, 0.1) is 5.82 Å². The number of hydrogen-bond acceptors (Lipinski definition) is 2. The average Bonchev–Trinajstić information content (AvgIpc) is 2.41. The molecule has 2 rings (SSSR count). The lowest BCUT2D eigenvalue weighted by atomic mass is 10.2. The van der Waals surface area contributed by atoms with Crippen LogP contribution < -0.4 is 10.1 Å². The number of anilines is 1. The fourth-order valence-corrected chi connectivity index (χ4v) is 2.03. The van der Waals surface area contributed by atoms with Crippen molar-refractivity contribution in [2.75, 3.05) is 5.32 Å². The van der Waals surface area contributed by atoms with Crippen LogP contribution in [0.3, 0.4) is 0 Å². The Kier molecular flexibility index (Phi) is 4.85. The molecule has 0 heterocycles. The molecule has 2 aromatic rings. The summed E-state index contributed by atoms with van der Waals surface area (Å²) in [4.78, 5) is 0. The number of rotatable bonds is 5. The van der Waals surface area contributed by atoms with Crippen molar-refractivity contribution in [2.24, 2.45) is 0 Å². The third kappa shape index (κ3) is 3.87. The molecule has 0 atom stereocenters. The normalized spacial score (nSPS) is 10.7. The van der Waals surface area contributed by atoms with Gasteiger partial charge < -0.3 is 10.1 Å². The van der Waals surface area contributed by atoms with Gasteiger partial charge in [0.15, 0.2) is 0 Å². The van der Waals surface area contributed by atoms with Crippen LogP contribution in [0.4, 0.5) is 10.1 Å². The molecule has 2 nitrogen and oxygen atoms in total. The quantitative estimate of drug-likeness (QED) is 0.848. The molecule has 4 heteroatoms. The van der Waals surface area contributed by atoms with Gasteiger partial charge in [0.05, 0.1) is 11.8 Å². The van der Waals surface area contributed by atoms with Crippen LogP contribution in [-0.4, -0.2) is 6.10 Å². The maximum Gasteiger partial charge on any atom is 0.142 e. The molecule has 0 saturated carbocycles. The lowest BCUT2D eigenvalue weighted by molar-refractivity contribution is 0.243. The second-order valence-electron chi connectivity index (χ2n) is 4.75. The summed E-state index contributed by atoms with van der Waals surface area (Å²) in [5, 5.41) is 3.70. The van der Waals surface area contributed by atoms with Gasteiger partial charge in [0.1, 0.15) is 11.6 Å². The molecule has 0 aromatic heterocycles. The average molecular weight is 294 g/mol. The summed E-state index contributed by atoms with van der Waals surface area (Å²) in [5.41, 5.74) is 1.36. The maximum atomic E-state index is 13.7. The molecular weight excluding hydrogens is 277 g/mol. The van der Waals surface area contributed by atoms with Crippen LogP contribution in [0.15, 0.2) is 42.5 Å². The van der Waals surface area contributed by atoms with E-state index in [0.29, 0.717) is 17.1 Å². The number of benzene rings is 2. The lowest BCUT2D eigenvalue weighted by Crippen LogP contribution is -2.09. The van der Waals surface area contributed by atoms with Crippen LogP contribution in [-0.2, 0) is 6.54 Å². The van der Waals surface area contributed by atoms with Gasteiger partial charge >= 0.3 is 0 Å². The first kappa shape index (κ1) is 14.7. The minimum atomic E-state index is -0.274. The lowest BCUT2D eigenvalue weighted by Gasteiger charge is -2.15. The molecule has 106 valence electrons. The molecular formula is C16H17ClFNO. The van der Waals surface area contributed by atoms with E-state index in [0.717, 1.165) is 11.4 Å². The van der Waals surface area contributed by atoms with Crippen molar-refractivity contribution >= 4 is 17.3 Å². The summed E-state index contributed by atoms with van der Waals surface area (Å²) in [6.45, 7) is 4.28. The third-order valence-electron chi connectivity index (χ3n) is 2.73. The molecule has 0 unspecified atom stereocenters. The molecule has 0 aliphatic carbocycles. The van der Waals surface area contributed by atoms with E-state index in [1.165, 1.54) is 12.1 Å². The largest absolute Gasteiger partial charge is 0.489 e. The highest BCUT2D eigenvalue weighted by molar-refractivity contribution is 6.30. The summed E-state index contributed by atoms with van der Waals surface area (Å²) in [6.07, 6.45) is 0.0841. The number of ether oxygens (including phenoxy) is 1. The van der Waals surface area contributed by atoms with Crippen LogP contribution in [0.5, 0.6) is 5.75 Å². The van der Waals surface area contributed by atoms with Crippen molar-refractivity contribution < 1.29 is 9.13 Å². The van der Waals surface area contributed by atoms with Gasteiger partial charge in [-0.05, 0) is 44.2 Å². The Bertz CT molecular complexity index is 586. The van der Waals surface area contributed by atoms with E-state index in [2.05, 4.69) is 5.32 Å². The predicted molar refractivity (Wildman–Crippen MR) is 80.9 cm³/mol. The second kappa shape index (κ2) is 6.62. The first-order valence-corrected chi connectivity index (χ1v) is 6.87. The van der Waals surface area contributed by atoms with Crippen molar-refractivity contribution in [3.63, 3.8) is 0 Å². The minimum absolute atomic E-state index is 0.0841. The first-order chi connectivity index (χ1) is 9.56. The molecule has 0 saturated heterocycles. The van der Waals surface area contributed by atoms with Gasteiger partial charge in [0, 0.05) is 17.1 Å².